The molecule has 5 nitrogen and oxygen atoms in total. The number of primary sulfonamides is 1. The molecule has 0 radical (unpaired) electrons. The number of rotatable bonds is 5. The van der Waals surface area contributed by atoms with Crippen LogP contribution in [0.5, 0.6) is 0 Å². The van der Waals surface area contributed by atoms with Gasteiger partial charge in [-0.25, -0.2) is 13.6 Å². The molecule has 0 bridgehead atoms. The van der Waals surface area contributed by atoms with Crippen LogP contribution in [0.4, 0.5) is 0 Å². The summed E-state index contributed by atoms with van der Waals surface area (Å²) in [5.74, 6) is -0.297. The van der Waals surface area contributed by atoms with E-state index in [9.17, 15) is 13.2 Å². The van der Waals surface area contributed by atoms with Crippen molar-refractivity contribution in [3.63, 3.8) is 0 Å². The number of nitrogens with two attached hydrogens (primary N) is 1. The number of carbonyl (C=O) groups excluding carboxylic acids is 1. The van der Waals surface area contributed by atoms with Crippen LogP contribution in [0.3, 0.4) is 0 Å². The molecule has 0 aliphatic heterocycles. The van der Waals surface area contributed by atoms with Crippen LogP contribution in [0.2, 0.25) is 0 Å². The zero-order chi connectivity index (χ0) is 15.5. The maximum Gasteiger partial charge on any atom is 0.251 e. The second-order valence-electron chi connectivity index (χ2n) is 4.78. The Labute approximate surface area is 128 Å². The molecule has 0 spiro atoms. The summed E-state index contributed by atoms with van der Waals surface area (Å²) < 4.78 is 23.6. The molecule has 0 heterocycles. The number of hydrogen-bond acceptors (Lipinski definition) is 3. The third kappa shape index (κ3) is 4.29. The van der Waals surface area contributed by atoms with E-state index in [-0.39, 0.29) is 16.8 Å². The number of nitrogens with one attached hydrogen (secondary N) is 1. The van der Waals surface area contributed by atoms with E-state index >= 15 is 0 Å². The summed E-state index contributed by atoms with van der Waals surface area (Å²) >= 11 is 3.20. The lowest BCUT2D eigenvalue weighted by atomic mass is 10.1. The smallest absolute Gasteiger partial charge is 0.251 e. The minimum Gasteiger partial charge on any atom is -0.350 e. The lowest BCUT2D eigenvalue weighted by molar-refractivity contribution is 0.0937. The fourth-order valence-electron chi connectivity index (χ4n) is 1.99. The molecule has 1 aromatic carbocycles. The summed E-state index contributed by atoms with van der Waals surface area (Å²) in [5.41, 5.74) is 0.670. The zero-order valence-electron chi connectivity index (χ0n) is 11.7. The average Bonchev–Trinajstić information content (AvgIpc) is 2.30. The van der Waals surface area contributed by atoms with Crippen LogP contribution in [-0.4, -0.2) is 20.4 Å². The Morgan fingerprint density at radius 1 is 1.45 bits per heavy atom. The van der Waals surface area contributed by atoms with E-state index in [1.165, 1.54) is 6.07 Å². The molecule has 0 aliphatic carbocycles. The summed E-state index contributed by atoms with van der Waals surface area (Å²) in [6.45, 7) is 5.52. The van der Waals surface area contributed by atoms with Crippen molar-refractivity contribution in [3.8, 4) is 0 Å². The molecule has 0 saturated heterocycles. The van der Waals surface area contributed by atoms with E-state index < -0.39 is 10.0 Å². The van der Waals surface area contributed by atoms with Gasteiger partial charge in [0.05, 0.1) is 4.90 Å². The van der Waals surface area contributed by atoms with E-state index in [0.717, 1.165) is 12.8 Å². The van der Waals surface area contributed by atoms with Crippen molar-refractivity contribution < 1.29 is 13.2 Å². The van der Waals surface area contributed by atoms with E-state index in [4.69, 9.17) is 5.14 Å². The molecule has 1 aromatic rings. The predicted octanol–water partition coefficient (Wildman–Crippen LogP) is 2.32. The quantitative estimate of drug-likeness (QED) is 0.841. The van der Waals surface area contributed by atoms with Crippen LogP contribution < -0.4 is 10.5 Å². The Morgan fingerprint density at radius 2 is 2.05 bits per heavy atom. The summed E-state index contributed by atoms with van der Waals surface area (Å²) in [6, 6.07) is 3.03. The molecule has 3 N–H and O–H groups in total. The predicted molar refractivity (Wildman–Crippen MR) is 82.1 cm³/mol. The number of amides is 1. The summed E-state index contributed by atoms with van der Waals surface area (Å²) in [4.78, 5) is 12.2. The largest absolute Gasteiger partial charge is 0.350 e. The van der Waals surface area contributed by atoms with Gasteiger partial charge in [0, 0.05) is 16.1 Å². The van der Waals surface area contributed by atoms with Gasteiger partial charge in [0.15, 0.2) is 0 Å². The monoisotopic (exact) mass is 362 g/mol. The SMILES string of the molecule is CCCC(C)NC(=O)c1cc(Br)cc(S(N)(=O)=O)c1C. The molecule has 112 valence electrons. The van der Waals surface area contributed by atoms with Gasteiger partial charge in [-0.2, -0.15) is 0 Å². The van der Waals surface area contributed by atoms with Gasteiger partial charge >= 0.3 is 0 Å². The maximum absolute atomic E-state index is 12.2. The number of carbonyl (C=O) groups is 1. The minimum absolute atomic E-state index is 0.0313. The normalized spacial score (nSPS) is 13.1. The van der Waals surface area contributed by atoms with E-state index in [2.05, 4.69) is 21.2 Å². The first-order valence-corrected chi connectivity index (χ1v) is 8.64. The average molecular weight is 363 g/mol. The van der Waals surface area contributed by atoms with E-state index in [1.807, 2.05) is 13.8 Å². The lowest BCUT2D eigenvalue weighted by Crippen LogP contribution is -2.33. The van der Waals surface area contributed by atoms with Gasteiger partial charge in [0.25, 0.3) is 5.91 Å². The molecule has 0 aliphatic rings. The van der Waals surface area contributed by atoms with Crippen molar-refractivity contribution in [2.24, 2.45) is 5.14 Å². The molecule has 1 unspecified atom stereocenters. The molecule has 7 heteroatoms. The first kappa shape index (κ1) is 17.1. The number of halogens is 1. The standard InChI is InChI=1S/C13H19BrN2O3S/c1-4-5-8(2)16-13(17)11-6-10(14)7-12(9(11)3)20(15,18)19/h6-8H,4-5H2,1-3H3,(H,16,17)(H2,15,18,19). The Kier molecular flexibility index (Phi) is 5.73. The number of benzene rings is 1. The highest BCUT2D eigenvalue weighted by Crippen LogP contribution is 2.24. The first-order chi connectivity index (χ1) is 9.16. The Morgan fingerprint density at radius 3 is 2.55 bits per heavy atom. The van der Waals surface area contributed by atoms with Gasteiger partial charge in [0.2, 0.25) is 10.0 Å². The minimum atomic E-state index is -3.86. The van der Waals surface area contributed by atoms with E-state index in [0.29, 0.717) is 15.6 Å². The molecular weight excluding hydrogens is 344 g/mol. The van der Waals surface area contributed by atoms with E-state index in [1.54, 1.807) is 13.0 Å². The van der Waals surface area contributed by atoms with Crippen molar-refractivity contribution >= 4 is 31.9 Å². The van der Waals surface area contributed by atoms with Crippen LogP contribution >= 0.6 is 15.9 Å². The van der Waals surface area contributed by atoms with Crippen LogP contribution in [0.1, 0.15) is 42.6 Å². The molecule has 1 atom stereocenters. The fraction of sp³-hybridized carbons (Fsp3) is 0.462. The molecule has 1 amide bonds. The van der Waals surface area contributed by atoms with Gasteiger partial charge in [0.1, 0.15) is 0 Å². The van der Waals surface area contributed by atoms with Gasteiger partial charge in [-0.05, 0) is 38.0 Å². The third-order valence-corrected chi connectivity index (χ3v) is 4.47. The Hall–Kier alpha value is -0.920. The molecule has 0 saturated carbocycles. The third-order valence-electron chi connectivity index (χ3n) is 2.98. The van der Waals surface area contributed by atoms with Crippen LogP contribution in [0.25, 0.3) is 0 Å². The summed E-state index contributed by atoms with van der Waals surface area (Å²) in [5, 5.41) is 8.01. The molecule has 20 heavy (non-hydrogen) atoms. The van der Waals surface area contributed by atoms with Gasteiger partial charge in [-0.15, -0.1) is 0 Å². The topological polar surface area (TPSA) is 89.3 Å². The van der Waals surface area contributed by atoms with Crippen LogP contribution in [0.15, 0.2) is 21.5 Å². The van der Waals surface area contributed by atoms with Crippen molar-refractivity contribution in [3.05, 3.63) is 27.7 Å². The van der Waals surface area contributed by atoms with Gasteiger partial charge < -0.3 is 5.32 Å². The Balaban J connectivity index is 3.19. The van der Waals surface area contributed by atoms with Crippen LogP contribution in [-0.2, 0) is 10.0 Å². The number of sulfonamides is 1. The fourth-order valence-corrected chi connectivity index (χ4v) is 3.43. The maximum atomic E-state index is 12.2. The Bertz CT molecular complexity index is 614. The molecular formula is C13H19BrN2O3S. The van der Waals surface area contributed by atoms with Crippen molar-refractivity contribution in [2.75, 3.05) is 0 Å². The van der Waals surface area contributed by atoms with Gasteiger partial charge in [-0.1, -0.05) is 29.3 Å². The first-order valence-electron chi connectivity index (χ1n) is 6.30. The van der Waals surface area contributed by atoms with Gasteiger partial charge in [-0.3, -0.25) is 4.79 Å². The van der Waals surface area contributed by atoms with Crippen LogP contribution in [0, 0.1) is 6.92 Å². The lowest BCUT2D eigenvalue weighted by Gasteiger charge is -2.15. The van der Waals surface area contributed by atoms with Crippen molar-refractivity contribution in [1.29, 1.82) is 0 Å². The zero-order valence-corrected chi connectivity index (χ0v) is 14.1. The molecule has 0 fully saturated rings. The van der Waals surface area contributed by atoms with Crippen molar-refractivity contribution in [1.82, 2.24) is 5.32 Å². The highest BCUT2D eigenvalue weighted by molar-refractivity contribution is 9.10. The highest BCUT2D eigenvalue weighted by Gasteiger charge is 2.20. The summed E-state index contributed by atoms with van der Waals surface area (Å²) in [7, 11) is -3.86. The van der Waals surface area contributed by atoms with Crippen molar-refractivity contribution in [2.45, 2.75) is 44.6 Å². The summed E-state index contributed by atoms with van der Waals surface area (Å²) in [6.07, 6.45) is 1.82. The second kappa shape index (κ2) is 6.69. The number of hydrogen-bond donors (Lipinski definition) is 2. The molecule has 1 rings (SSSR count). The second-order valence-corrected chi connectivity index (χ2v) is 7.23. The highest BCUT2D eigenvalue weighted by atomic mass is 79.9. The molecule has 0 aromatic heterocycles.